The van der Waals surface area contributed by atoms with Gasteiger partial charge in [0.05, 0.1) is 6.10 Å². The van der Waals surface area contributed by atoms with Crippen LogP contribution in [0.5, 0.6) is 0 Å². The van der Waals surface area contributed by atoms with Gasteiger partial charge in [0.2, 0.25) is 0 Å². The number of ether oxygens (including phenoxy) is 1. The van der Waals surface area contributed by atoms with Crippen LogP contribution in [-0.2, 0) is 11.2 Å². The number of hydrogen-bond donors (Lipinski definition) is 2. The smallest absolute Gasteiger partial charge is 0.315 e. The molecule has 22 heavy (non-hydrogen) atoms. The first-order chi connectivity index (χ1) is 10.5. The SMILES string of the molecule is C[C@H](CNC(=O)N[C@@H]1[C@H]2CCO[C@@H]2C1(C)C)Cc1cccs1. The minimum atomic E-state index is -0.0403. The van der Waals surface area contributed by atoms with E-state index in [0.29, 0.717) is 24.5 Å². The van der Waals surface area contributed by atoms with Gasteiger partial charge in [0, 0.05) is 35.4 Å². The van der Waals surface area contributed by atoms with Crippen molar-refractivity contribution < 1.29 is 9.53 Å². The lowest BCUT2D eigenvalue weighted by Crippen LogP contribution is -2.67. The minimum absolute atomic E-state index is 0.0403. The van der Waals surface area contributed by atoms with Gasteiger partial charge in [-0.1, -0.05) is 26.8 Å². The van der Waals surface area contributed by atoms with E-state index >= 15 is 0 Å². The van der Waals surface area contributed by atoms with Gasteiger partial charge >= 0.3 is 6.03 Å². The molecule has 2 heterocycles. The van der Waals surface area contributed by atoms with Crippen molar-refractivity contribution in [1.82, 2.24) is 10.6 Å². The summed E-state index contributed by atoms with van der Waals surface area (Å²) >= 11 is 1.78. The highest BCUT2D eigenvalue weighted by Crippen LogP contribution is 2.52. The Labute approximate surface area is 136 Å². The highest BCUT2D eigenvalue weighted by atomic mass is 32.1. The van der Waals surface area contributed by atoms with Crippen LogP contribution in [0.2, 0.25) is 0 Å². The molecule has 0 unspecified atom stereocenters. The summed E-state index contributed by atoms with van der Waals surface area (Å²) in [4.78, 5) is 13.5. The van der Waals surface area contributed by atoms with Gasteiger partial charge in [-0.3, -0.25) is 0 Å². The Kier molecular flexibility index (Phi) is 4.46. The number of carbonyl (C=O) groups excluding carboxylic acids is 1. The fourth-order valence-electron chi connectivity index (χ4n) is 3.92. The average Bonchev–Trinajstić information content (AvgIpc) is 3.12. The molecule has 4 nitrogen and oxygen atoms in total. The lowest BCUT2D eigenvalue weighted by Gasteiger charge is -2.54. The second-order valence-electron chi connectivity index (χ2n) is 7.29. The monoisotopic (exact) mass is 322 g/mol. The number of thiophene rings is 1. The topological polar surface area (TPSA) is 50.4 Å². The van der Waals surface area contributed by atoms with Gasteiger partial charge in [-0.25, -0.2) is 4.79 Å². The summed E-state index contributed by atoms with van der Waals surface area (Å²) < 4.78 is 5.77. The van der Waals surface area contributed by atoms with Crippen molar-refractivity contribution in [3.63, 3.8) is 0 Å². The van der Waals surface area contributed by atoms with E-state index in [-0.39, 0.29) is 17.5 Å². The Morgan fingerprint density at radius 2 is 2.36 bits per heavy atom. The Morgan fingerprint density at radius 3 is 3.09 bits per heavy atom. The molecule has 1 aliphatic carbocycles. The van der Waals surface area contributed by atoms with Crippen molar-refractivity contribution in [2.45, 2.75) is 45.8 Å². The number of carbonyl (C=O) groups is 1. The summed E-state index contributed by atoms with van der Waals surface area (Å²) in [6.07, 6.45) is 2.40. The van der Waals surface area contributed by atoms with Crippen LogP contribution in [-0.4, -0.2) is 31.3 Å². The van der Waals surface area contributed by atoms with Gasteiger partial charge in [-0.05, 0) is 30.2 Å². The van der Waals surface area contributed by atoms with Crippen LogP contribution >= 0.6 is 11.3 Å². The Hall–Kier alpha value is -1.07. The molecule has 1 saturated heterocycles. The number of urea groups is 1. The summed E-state index contributed by atoms with van der Waals surface area (Å²) in [5.41, 5.74) is 0.0427. The van der Waals surface area contributed by atoms with Crippen LogP contribution in [0.15, 0.2) is 17.5 Å². The largest absolute Gasteiger partial charge is 0.377 e. The maximum absolute atomic E-state index is 12.2. The van der Waals surface area contributed by atoms with E-state index in [1.165, 1.54) is 4.88 Å². The van der Waals surface area contributed by atoms with E-state index in [1.54, 1.807) is 11.3 Å². The summed E-state index contributed by atoms with van der Waals surface area (Å²) in [6, 6.07) is 4.42. The van der Waals surface area contributed by atoms with Gasteiger partial charge < -0.3 is 15.4 Å². The summed E-state index contributed by atoms with van der Waals surface area (Å²) in [5.74, 6) is 0.936. The second kappa shape index (κ2) is 6.20. The predicted octanol–water partition coefficient (Wildman–Crippen LogP) is 3.04. The van der Waals surface area contributed by atoms with Crippen molar-refractivity contribution in [2.24, 2.45) is 17.3 Å². The summed E-state index contributed by atoms with van der Waals surface area (Å²) in [5, 5.41) is 8.29. The molecule has 122 valence electrons. The van der Waals surface area contributed by atoms with Crippen LogP contribution in [0.1, 0.15) is 32.1 Å². The van der Waals surface area contributed by atoms with Crippen LogP contribution in [0, 0.1) is 17.3 Å². The molecule has 2 N–H and O–H groups in total. The second-order valence-corrected chi connectivity index (χ2v) is 8.32. The van der Waals surface area contributed by atoms with E-state index < -0.39 is 0 Å². The molecule has 0 spiro atoms. The zero-order chi connectivity index (χ0) is 15.7. The molecule has 2 fully saturated rings. The first-order valence-corrected chi connectivity index (χ1v) is 9.05. The molecule has 0 aromatic carbocycles. The molecule has 4 atom stereocenters. The molecular formula is C17H26N2O2S. The van der Waals surface area contributed by atoms with Crippen molar-refractivity contribution in [3.05, 3.63) is 22.4 Å². The van der Waals surface area contributed by atoms with Gasteiger partial charge in [0.1, 0.15) is 0 Å². The number of nitrogens with one attached hydrogen (secondary N) is 2. The highest BCUT2D eigenvalue weighted by Gasteiger charge is 2.59. The van der Waals surface area contributed by atoms with E-state index in [2.05, 4.69) is 48.9 Å². The number of fused-ring (bicyclic) bond motifs is 1. The van der Waals surface area contributed by atoms with Gasteiger partial charge in [-0.2, -0.15) is 0 Å². The molecule has 5 heteroatoms. The predicted molar refractivity (Wildman–Crippen MR) is 89.1 cm³/mol. The van der Waals surface area contributed by atoms with E-state index in [4.69, 9.17) is 4.74 Å². The van der Waals surface area contributed by atoms with Crippen molar-refractivity contribution in [3.8, 4) is 0 Å². The maximum atomic E-state index is 12.2. The molecule has 2 amide bonds. The summed E-state index contributed by atoms with van der Waals surface area (Å²) in [7, 11) is 0. The van der Waals surface area contributed by atoms with Crippen molar-refractivity contribution in [2.75, 3.05) is 13.2 Å². The third-order valence-electron chi connectivity index (χ3n) is 5.13. The van der Waals surface area contributed by atoms with Crippen LogP contribution in [0.25, 0.3) is 0 Å². The van der Waals surface area contributed by atoms with E-state index in [1.807, 2.05) is 0 Å². The zero-order valence-electron chi connectivity index (χ0n) is 13.6. The van der Waals surface area contributed by atoms with Crippen LogP contribution < -0.4 is 10.6 Å². The molecular weight excluding hydrogens is 296 g/mol. The van der Waals surface area contributed by atoms with Crippen molar-refractivity contribution in [1.29, 1.82) is 0 Å². The first-order valence-electron chi connectivity index (χ1n) is 8.17. The molecule has 1 saturated carbocycles. The highest BCUT2D eigenvalue weighted by molar-refractivity contribution is 7.09. The first kappa shape index (κ1) is 15.8. The normalized spacial score (nSPS) is 30.2. The molecule has 0 bridgehead atoms. The standard InChI is InChI=1S/C17H26N2O2S/c1-11(9-12-5-4-8-22-12)10-18-16(20)19-14-13-6-7-21-15(13)17(14,2)3/h4-5,8,11,13-15H,6-7,9-10H2,1-3H3,(H2,18,19,20)/t11-,13+,14+,15-/m0/s1. The number of hydrogen-bond acceptors (Lipinski definition) is 3. The van der Waals surface area contributed by atoms with Gasteiger partial charge in [0.15, 0.2) is 0 Å². The molecule has 0 radical (unpaired) electrons. The average molecular weight is 322 g/mol. The minimum Gasteiger partial charge on any atom is -0.377 e. The molecule has 1 aromatic heterocycles. The zero-order valence-corrected chi connectivity index (χ0v) is 14.4. The molecule has 1 aromatic rings. The third kappa shape index (κ3) is 3.01. The third-order valence-corrected chi connectivity index (χ3v) is 6.03. The maximum Gasteiger partial charge on any atom is 0.315 e. The molecule has 3 rings (SSSR count). The lowest BCUT2D eigenvalue weighted by molar-refractivity contribution is -0.108. The Morgan fingerprint density at radius 1 is 1.55 bits per heavy atom. The van der Waals surface area contributed by atoms with Gasteiger partial charge in [0.25, 0.3) is 0 Å². The quantitative estimate of drug-likeness (QED) is 0.875. The number of rotatable bonds is 5. The van der Waals surface area contributed by atoms with Gasteiger partial charge in [-0.15, -0.1) is 11.3 Å². The van der Waals surface area contributed by atoms with E-state index in [9.17, 15) is 4.79 Å². The van der Waals surface area contributed by atoms with Crippen molar-refractivity contribution >= 4 is 17.4 Å². The molecule has 2 aliphatic rings. The van der Waals surface area contributed by atoms with Crippen LogP contribution in [0.4, 0.5) is 4.79 Å². The Balaban J connectivity index is 1.43. The van der Waals surface area contributed by atoms with E-state index in [0.717, 1.165) is 19.4 Å². The lowest BCUT2D eigenvalue weighted by atomic mass is 9.57. The fraction of sp³-hybridized carbons (Fsp3) is 0.706. The summed E-state index contributed by atoms with van der Waals surface area (Å²) in [6.45, 7) is 8.08. The van der Waals surface area contributed by atoms with Crippen LogP contribution in [0.3, 0.4) is 0 Å². The molecule has 1 aliphatic heterocycles. The number of amides is 2. The fourth-order valence-corrected chi connectivity index (χ4v) is 4.79. The Bertz CT molecular complexity index is 515.